The summed E-state index contributed by atoms with van der Waals surface area (Å²) in [4.78, 5) is 0. The van der Waals surface area contributed by atoms with Crippen LogP contribution in [0.1, 0.15) is 16.7 Å². The Kier molecular flexibility index (Phi) is 7.72. The highest BCUT2D eigenvalue weighted by Crippen LogP contribution is 2.49. The van der Waals surface area contributed by atoms with Gasteiger partial charge in [-0.1, -0.05) is 72.8 Å². The molecule has 0 aliphatic rings. The largest absolute Gasteiger partial charge is 0.505 e. The number of fused-ring (bicyclic) bond motifs is 6. The number of aryl methyl sites for hydroxylation is 3. The van der Waals surface area contributed by atoms with Crippen molar-refractivity contribution in [3.8, 4) is 50.9 Å². The van der Waals surface area contributed by atoms with Crippen LogP contribution in [-0.2, 0) is 4.74 Å². The maximum atomic E-state index is 12.4. The highest BCUT2D eigenvalue weighted by Gasteiger charge is 2.25. The number of ether oxygens (including phenoxy) is 2. The molecule has 0 amide bonds. The van der Waals surface area contributed by atoms with Gasteiger partial charge in [-0.2, -0.15) is 0 Å². The number of phenolic OH excluding ortho intramolecular Hbond substituents is 2. The number of para-hydroxylation sites is 4. The van der Waals surface area contributed by atoms with Crippen molar-refractivity contribution in [2.45, 2.75) is 20.8 Å². The van der Waals surface area contributed by atoms with E-state index in [0.29, 0.717) is 39.4 Å². The van der Waals surface area contributed by atoms with E-state index in [1.807, 2.05) is 106 Å². The Bertz CT molecular complexity index is 2600. The molecule has 0 atom stereocenters. The average Bonchev–Trinajstić information content (AvgIpc) is 3.69. The summed E-state index contributed by atoms with van der Waals surface area (Å²) in [6.45, 7) is 6.07. The van der Waals surface area contributed by atoms with Gasteiger partial charge in [0.2, 0.25) is 0 Å². The van der Waals surface area contributed by atoms with Crippen LogP contribution < -0.4 is 4.74 Å². The molecular weight excluding hydrogens is 657 g/mol. The SMILES string of the molecule is COCOc1c(-c2cc(C)cc(-n3c4ccccc4c4ccccc43)c2O)cc(C)cc1-c1cc(C)cc(-n2c3ccccc3c3ccccc32)c1O. The lowest BCUT2D eigenvalue weighted by Gasteiger charge is -2.22. The van der Waals surface area contributed by atoms with E-state index in [2.05, 4.69) is 57.7 Å². The summed E-state index contributed by atoms with van der Waals surface area (Å²) in [6, 6.07) is 45.2. The van der Waals surface area contributed by atoms with Crippen LogP contribution in [0.5, 0.6) is 17.2 Å². The zero-order valence-electron chi connectivity index (χ0n) is 30.0. The number of phenols is 2. The third-order valence-electron chi connectivity index (χ3n) is 10.2. The fraction of sp³-hybridized carbons (Fsp3) is 0.106. The van der Waals surface area contributed by atoms with Crippen molar-refractivity contribution >= 4 is 43.6 Å². The highest BCUT2D eigenvalue weighted by molar-refractivity contribution is 6.11. The summed E-state index contributed by atoms with van der Waals surface area (Å²) in [5.41, 5.74) is 10.9. The summed E-state index contributed by atoms with van der Waals surface area (Å²) >= 11 is 0. The molecule has 0 fully saturated rings. The molecule has 0 spiro atoms. The third-order valence-corrected chi connectivity index (χ3v) is 10.2. The lowest BCUT2D eigenvalue weighted by Crippen LogP contribution is -2.04. The van der Waals surface area contributed by atoms with Crippen molar-refractivity contribution in [2.75, 3.05) is 13.9 Å². The fourth-order valence-corrected chi connectivity index (χ4v) is 8.08. The van der Waals surface area contributed by atoms with Crippen LogP contribution in [0, 0.1) is 20.8 Å². The summed E-state index contributed by atoms with van der Waals surface area (Å²) in [5, 5.41) is 29.2. The van der Waals surface area contributed by atoms with Crippen LogP contribution in [0.25, 0.3) is 77.2 Å². The minimum atomic E-state index is -0.0261. The first-order chi connectivity index (χ1) is 25.8. The minimum absolute atomic E-state index is 0.0261. The number of rotatable bonds is 7. The van der Waals surface area contributed by atoms with Gasteiger partial charge >= 0.3 is 0 Å². The number of hydrogen-bond acceptors (Lipinski definition) is 4. The van der Waals surface area contributed by atoms with Crippen molar-refractivity contribution in [2.24, 2.45) is 0 Å². The van der Waals surface area contributed by atoms with Crippen LogP contribution in [-0.4, -0.2) is 33.2 Å². The molecular formula is C47H38N2O4. The summed E-state index contributed by atoms with van der Waals surface area (Å²) in [5.74, 6) is 0.751. The van der Waals surface area contributed by atoms with Gasteiger partial charge in [-0.25, -0.2) is 0 Å². The van der Waals surface area contributed by atoms with Crippen LogP contribution in [0.3, 0.4) is 0 Å². The van der Waals surface area contributed by atoms with E-state index in [9.17, 15) is 10.2 Å². The van der Waals surface area contributed by atoms with Crippen molar-refractivity contribution in [1.29, 1.82) is 0 Å². The van der Waals surface area contributed by atoms with Gasteiger partial charge in [0, 0.05) is 50.9 Å². The van der Waals surface area contributed by atoms with Gasteiger partial charge in [0.15, 0.2) is 6.79 Å². The van der Waals surface area contributed by atoms with Gasteiger partial charge in [0.25, 0.3) is 0 Å². The van der Waals surface area contributed by atoms with Gasteiger partial charge in [0.1, 0.15) is 17.2 Å². The number of methoxy groups -OCH3 is 1. The van der Waals surface area contributed by atoms with Gasteiger partial charge in [-0.15, -0.1) is 0 Å². The number of hydrogen-bond donors (Lipinski definition) is 2. The van der Waals surface area contributed by atoms with Crippen molar-refractivity contribution in [1.82, 2.24) is 9.13 Å². The number of aromatic nitrogens is 2. The smallest absolute Gasteiger partial charge is 0.188 e. The molecule has 0 saturated heterocycles. The maximum absolute atomic E-state index is 12.4. The molecule has 0 bridgehead atoms. The highest BCUT2D eigenvalue weighted by atomic mass is 16.7. The molecule has 9 aromatic rings. The average molecular weight is 695 g/mol. The molecule has 0 aliphatic carbocycles. The Morgan fingerprint density at radius 2 is 0.774 bits per heavy atom. The van der Waals surface area contributed by atoms with Crippen LogP contribution in [0.2, 0.25) is 0 Å². The van der Waals surface area contributed by atoms with E-state index in [0.717, 1.165) is 60.3 Å². The van der Waals surface area contributed by atoms with E-state index in [1.165, 1.54) is 0 Å². The second-order valence-corrected chi connectivity index (χ2v) is 13.8. The summed E-state index contributed by atoms with van der Waals surface area (Å²) in [7, 11) is 1.59. The molecule has 2 N–H and O–H groups in total. The molecule has 260 valence electrons. The Hall–Kier alpha value is -6.50. The van der Waals surface area contributed by atoms with Crippen LogP contribution >= 0.6 is 0 Å². The number of benzene rings is 7. The second-order valence-electron chi connectivity index (χ2n) is 13.8. The topological polar surface area (TPSA) is 68.8 Å². The third kappa shape index (κ3) is 5.13. The minimum Gasteiger partial charge on any atom is -0.505 e. The first kappa shape index (κ1) is 32.4. The van der Waals surface area contributed by atoms with E-state index >= 15 is 0 Å². The van der Waals surface area contributed by atoms with E-state index in [-0.39, 0.29) is 18.3 Å². The first-order valence-electron chi connectivity index (χ1n) is 17.8. The molecule has 0 saturated carbocycles. The second kappa shape index (κ2) is 12.6. The Morgan fingerprint density at radius 3 is 1.13 bits per heavy atom. The van der Waals surface area contributed by atoms with Gasteiger partial charge < -0.3 is 28.8 Å². The first-order valence-corrected chi connectivity index (χ1v) is 17.8. The van der Waals surface area contributed by atoms with Crippen molar-refractivity contribution in [3.63, 3.8) is 0 Å². The predicted molar refractivity (Wildman–Crippen MR) is 216 cm³/mol. The number of aromatic hydroxyl groups is 2. The molecule has 6 nitrogen and oxygen atoms in total. The fourth-order valence-electron chi connectivity index (χ4n) is 8.08. The molecule has 0 unspecified atom stereocenters. The van der Waals surface area contributed by atoms with E-state index in [1.54, 1.807) is 7.11 Å². The summed E-state index contributed by atoms with van der Waals surface area (Å²) < 4.78 is 16.2. The molecule has 6 heteroatoms. The molecule has 7 aromatic carbocycles. The zero-order valence-corrected chi connectivity index (χ0v) is 30.0. The van der Waals surface area contributed by atoms with Crippen LogP contribution in [0.4, 0.5) is 0 Å². The van der Waals surface area contributed by atoms with Gasteiger partial charge in [-0.3, -0.25) is 0 Å². The van der Waals surface area contributed by atoms with Crippen molar-refractivity contribution in [3.05, 3.63) is 150 Å². The Balaban J connectivity index is 1.30. The molecule has 9 rings (SSSR count). The monoisotopic (exact) mass is 694 g/mol. The quantitative estimate of drug-likeness (QED) is 0.163. The maximum Gasteiger partial charge on any atom is 0.188 e. The zero-order chi connectivity index (χ0) is 36.4. The lowest BCUT2D eigenvalue weighted by atomic mass is 9.91. The molecule has 2 heterocycles. The standard InChI is InChI=1S/C47H38N2O4/c1-28-23-37(35-21-29(2)25-43(45(35)50)48-39-17-9-5-13-31(39)32-14-6-10-18-40(32)48)47(53-27-52-4)38(24-28)36-22-30(3)26-44(46(36)51)49-41-19-11-7-15-33(41)34-16-8-12-20-42(34)49/h5-26,50-51H,27H2,1-4H3. The predicted octanol–water partition coefficient (Wildman–Crippen LogP) is 11.5. The van der Waals surface area contributed by atoms with Crippen molar-refractivity contribution < 1.29 is 19.7 Å². The lowest BCUT2D eigenvalue weighted by molar-refractivity contribution is 0.0519. The van der Waals surface area contributed by atoms with Gasteiger partial charge in [-0.05, 0) is 98.1 Å². The normalized spacial score (nSPS) is 11.7. The Labute approximate surface area is 307 Å². The van der Waals surface area contributed by atoms with E-state index < -0.39 is 0 Å². The number of nitrogens with zero attached hydrogens (tertiary/aromatic N) is 2. The Morgan fingerprint density at radius 1 is 0.453 bits per heavy atom. The molecule has 2 aromatic heterocycles. The molecule has 53 heavy (non-hydrogen) atoms. The van der Waals surface area contributed by atoms with Crippen LogP contribution in [0.15, 0.2) is 133 Å². The molecule has 0 aliphatic heterocycles. The molecule has 0 radical (unpaired) electrons. The summed E-state index contributed by atoms with van der Waals surface area (Å²) in [6.07, 6.45) is 0. The van der Waals surface area contributed by atoms with E-state index in [4.69, 9.17) is 9.47 Å². The van der Waals surface area contributed by atoms with Gasteiger partial charge in [0.05, 0.1) is 33.4 Å².